The van der Waals surface area contributed by atoms with E-state index < -0.39 is 10.2 Å². The van der Waals surface area contributed by atoms with Crippen LogP contribution >= 0.6 is 23.2 Å². The van der Waals surface area contributed by atoms with Gasteiger partial charge >= 0.3 is 10.2 Å². The summed E-state index contributed by atoms with van der Waals surface area (Å²) < 4.78 is 31.1. The van der Waals surface area contributed by atoms with Gasteiger partial charge in [-0.15, -0.1) is 0 Å². The first-order valence-electron chi connectivity index (χ1n) is 8.52. The monoisotopic (exact) mass is 432 g/mol. The molecule has 7 heteroatoms. The van der Waals surface area contributed by atoms with Crippen molar-refractivity contribution >= 4 is 39.6 Å². The molecule has 0 aliphatic heterocycles. The third kappa shape index (κ3) is 5.66. The maximum absolute atomic E-state index is 12.9. The predicted octanol–water partition coefficient (Wildman–Crippen LogP) is 5.36. The van der Waals surface area contributed by atoms with Gasteiger partial charge in [0.1, 0.15) is 0 Å². The lowest BCUT2D eigenvalue weighted by Gasteiger charge is -2.19. The zero-order valence-corrected chi connectivity index (χ0v) is 17.2. The summed E-state index contributed by atoms with van der Waals surface area (Å²) in [6, 6.07) is 23.7. The van der Waals surface area contributed by atoms with Crippen LogP contribution < -0.4 is 0 Å². The van der Waals surface area contributed by atoms with Crippen LogP contribution in [0, 0.1) is 0 Å². The summed E-state index contributed by atoms with van der Waals surface area (Å²) in [4.78, 5) is 0. The number of halogens is 2. The number of nitrogens with zero attached hydrogens (tertiary/aromatic N) is 2. The SMILES string of the molecule is O=S(=O)(/N=C/c1ccc(Cl)c(Cl)c1)N(Cc1ccccc1)Cc1ccccc1. The highest BCUT2D eigenvalue weighted by atomic mass is 35.5. The number of hydrogen-bond acceptors (Lipinski definition) is 2. The number of benzene rings is 3. The third-order valence-electron chi connectivity index (χ3n) is 4.01. The Morgan fingerprint density at radius 3 is 1.82 bits per heavy atom. The van der Waals surface area contributed by atoms with E-state index in [4.69, 9.17) is 23.2 Å². The zero-order chi connectivity index (χ0) is 20.0. The third-order valence-corrected chi connectivity index (χ3v) is 6.03. The first-order valence-corrected chi connectivity index (χ1v) is 10.7. The van der Waals surface area contributed by atoms with Crippen LogP contribution in [0.4, 0.5) is 0 Å². The molecule has 0 N–H and O–H groups in total. The molecule has 3 aromatic carbocycles. The predicted molar refractivity (Wildman–Crippen MR) is 115 cm³/mol. The van der Waals surface area contributed by atoms with Crippen LogP contribution in [-0.4, -0.2) is 18.9 Å². The fourth-order valence-corrected chi connectivity index (χ4v) is 3.90. The topological polar surface area (TPSA) is 49.7 Å². The highest BCUT2D eigenvalue weighted by Gasteiger charge is 2.21. The second-order valence-electron chi connectivity index (χ2n) is 6.13. The quantitative estimate of drug-likeness (QED) is 0.471. The van der Waals surface area contributed by atoms with Crippen LogP contribution in [0.5, 0.6) is 0 Å². The molecular weight excluding hydrogens is 415 g/mol. The first-order chi connectivity index (χ1) is 13.4. The molecule has 0 amide bonds. The van der Waals surface area contributed by atoms with Crippen molar-refractivity contribution in [3.8, 4) is 0 Å². The molecule has 3 rings (SSSR count). The van der Waals surface area contributed by atoms with E-state index in [9.17, 15) is 8.42 Å². The Bertz CT molecular complexity index is 1010. The minimum atomic E-state index is -3.91. The lowest BCUT2D eigenvalue weighted by Crippen LogP contribution is -2.28. The molecule has 3 aromatic rings. The Kier molecular flexibility index (Phi) is 6.86. The van der Waals surface area contributed by atoms with Gasteiger partial charge in [-0.1, -0.05) is 89.9 Å². The fourth-order valence-electron chi connectivity index (χ4n) is 2.58. The highest BCUT2D eigenvalue weighted by Crippen LogP contribution is 2.22. The largest absolute Gasteiger partial charge is 0.322 e. The van der Waals surface area contributed by atoms with Gasteiger partial charge in [0.2, 0.25) is 0 Å². The zero-order valence-electron chi connectivity index (χ0n) is 14.9. The average Bonchev–Trinajstić information content (AvgIpc) is 2.70. The molecule has 0 aliphatic rings. The molecule has 0 aliphatic carbocycles. The summed E-state index contributed by atoms with van der Waals surface area (Å²) in [5.74, 6) is 0. The van der Waals surface area contributed by atoms with Gasteiger partial charge in [-0.05, 0) is 28.8 Å². The van der Waals surface area contributed by atoms with Crippen LogP contribution in [0.1, 0.15) is 16.7 Å². The molecule has 0 saturated heterocycles. The molecule has 0 saturated carbocycles. The van der Waals surface area contributed by atoms with Crippen LogP contribution in [0.15, 0.2) is 83.3 Å². The molecule has 0 fully saturated rings. The average molecular weight is 433 g/mol. The molecule has 4 nitrogen and oxygen atoms in total. The normalized spacial score (nSPS) is 12.0. The van der Waals surface area contributed by atoms with Gasteiger partial charge in [0.05, 0.1) is 10.0 Å². The van der Waals surface area contributed by atoms with Crippen molar-refractivity contribution in [2.24, 2.45) is 4.40 Å². The van der Waals surface area contributed by atoms with E-state index >= 15 is 0 Å². The lowest BCUT2D eigenvalue weighted by molar-refractivity contribution is 0.402. The van der Waals surface area contributed by atoms with E-state index in [0.29, 0.717) is 15.6 Å². The second kappa shape index (κ2) is 9.34. The lowest BCUT2D eigenvalue weighted by atomic mass is 10.2. The maximum atomic E-state index is 12.9. The van der Waals surface area contributed by atoms with Crippen LogP contribution in [0.2, 0.25) is 10.0 Å². The van der Waals surface area contributed by atoms with Crippen LogP contribution in [-0.2, 0) is 23.3 Å². The summed E-state index contributed by atoms with van der Waals surface area (Å²) in [6.07, 6.45) is 1.28. The van der Waals surface area contributed by atoms with Crippen molar-refractivity contribution in [1.82, 2.24) is 4.31 Å². The molecule has 0 atom stereocenters. The molecule has 28 heavy (non-hydrogen) atoms. The van der Waals surface area contributed by atoms with Gasteiger partial charge in [-0.25, -0.2) is 0 Å². The Morgan fingerprint density at radius 2 is 1.32 bits per heavy atom. The Morgan fingerprint density at radius 1 is 0.786 bits per heavy atom. The molecule has 144 valence electrons. The second-order valence-corrected chi connectivity index (χ2v) is 8.56. The summed E-state index contributed by atoms with van der Waals surface area (Å²) >= 11 is 11.9. The van der Waals surface area contributed by atoms with E-state index in [-0.39, 0.29) is 13.1 Å². The minimum Gasteiger partial charge on any atom is -0.187 e. The molecule has 0 bridgehead atoms. The summed E-state index contributed by atoms with van der Waals surface area (Å²) in [7, 11) is -3.91. The Balaban J connectivity index is 1.88. The van der Waals surface area contributed by atoms with Crippen molar-refractivity contribution in [3.63, 3.8) is 0 Å². The van der Waals surface area contributed by atoms with Crippen LogP contribution in [0.25, 0.3) is 0 Å². The fraction of sp³-hybridized carbons (Fsp3) is 0.0952. The van der Waals surface area contributed by atoms with Gasteiger partial charge in [-0.3, -0.25) is 0 Å². The summed E-state index contributed by atoms with van der Waals surface area (Å²) in [6.45, 7) is 0.438. The van der Waals surface area contributed by atoms with Crippen molar-refractivity contribution in [1.29, 1.82) is 0 Å². The smallest absolute Gasteiger partial charge is 0.187 e. The standard InChI is InChI=1S/C21H18Cl2N2O2S/c22-20-12-11-19(13-21(20)23)14-24-28(26,27)25(15-17-7-3-1-4-8-17)16-18-9-5-2-6-10-18/h1-14H,15-16H2/b24-14+. The van der Waals surface area contributed by atoms with E-state index in [2.05, 4.69) is 4.40 Å². The van der Waals surface area contributed by atoms with Gasteiger partial charge < -0.3 is 0 Å². The van der Waals surface area contributed by atoms with Gasteiger partial charge in [0.25, 0.3) is 0 Å². The van der Waals surface area contributed by atoms with E-state index in [1.54, 1.807) is 18.2 Å². The first kappa shape index (κ1) is 20.6. The summed E-state index contributed by atoms with van der Waals surface area (Å²) in [5, 5.41) is 0.741. The number of hydrogen-bond donors (Lipinski definition) is 0. The Labute approximate surface area is 175 Å². The molecule has 0 unspecified atom stereocenters. The summed E-state index contributed by atoms with van der Waals surface area (Å²) in [5.41, 5.74) is 2.32. The molecule has 0 radical (unpaired) electrons. The molecule has 0 aromatic heterocycles. The van der Waals surface area contributed by atoms with E-state index in [1.165, 1.54) is 10.5 Å². The van der Waals surface area contributed by atoms with Crippen molar-refractivity contribution in [2.75, 3.05) is 0 Å². The Hall–Kier alpha value is -2.18. The minimum absolute atomic E-state index is 0.219. The highest BCUT2D eigenvalue weighted by molar-refractivity contribution is 7.87. The molecular formula is C21H18Cl2N2O2S. The van der Waals surface area contributed by atoms with Crippen molar-refractivity contribution in [2.45, 2.75) is 13.1 Å². The van der Waals surface area contributed by atoms with E-state index in [0.717, 1.165) is 11.1 Å². The number of rotatable bonds is 7. The van der Waals surface area contributed by atoms with Gasteiger partial charge in [0.15, 0.2) is 0 Å². The van der Waals surface area contributed by atoms with Gasteiger partial charge in [0, 0.05) is 19.3 Å². The van der Waals surface area contributed by atoms with Crippen LogP contribution in [0.3, 0.4) is 0 Å². The van der Waals surface area contributed by atoms with Crippen molar-refractivity contribution < 1.29 is 8.42 Å². The van der Waals surface area contributed by atoms with Crippen molar-refractivity contribution in [3.05, 3.63) is 106 Å². The van der Waals surface area contributed by atoms with E-state index in [1.807, 2.05) is 60.7 Å². The van der Waals surface area contributed by atoms with Gasteiger partial charge in [-0.2, -0.15) is 17.1 Å². The molecule has 0 spiro atoms. The molecule has 0 heterocycles. The maximum Gasteiger partial charge on any atom is 0.322 e.